The molecular weight excluding hydrogens is 462 g/mol. The molecule has 5 rings (SSSR count). The van der Waals surface area contributed by atoms with Crippen LogP contribution in [-0.2, 0) is 14.8 Å². The number of para-hydroxylation sites is 1. The molecule has 0 radical (unpaired) electrons. The standard InChI is InChI=1S/C25H22ClNO5S/c1-27(20-5-3-2-4-19(20)26)33(30,31)22-14-21-23(15-6-10-17(28)11-7-15)24(25(22)32-21)16-8-12-18(29)13-9-16/h2-13,21-22,25,28-29H,14H2,1H3/t21-,22+,25+/m0/s1. The van der Waals surface area contributed by atoms with Gasteiger partial charge in [-0.3, -0.25) is 4.31 Å². The van der Waals surface area contributed by atoms with Crippen LogP contribution in [0.15, 0.2) is 72.8 Å². The highest BCUT2D eigenvalue weighted by atomic mass is 35.5. The van der Waals surface area contributed by atoms with Gasteiger partial charge in [0.15, 0.2) is 0 Å². The Bertz CT molecular complexity index is 1340. The first kappa shape index (κ1) is 21.8. The van der Waals surface area contributed by atoms with Crippen LogP contribution in [0.4, 0.5) is 5.69 Å². The van der Waals surface area contributed by atoms with Gasteiger partial charge in [0.2, 0.25) is 10.0 Å². The molecule has 1 saturated heterocycles. The fraction of sp³-hybridized carbons (Fsp3) is 0.200. The number of benzene rings is 3. The zero-order valence-electron chi connectivity index (χ0n) is 17.7. The Balaban J connectivity index is 1.60. The molecule has 2 aliphatic rings. The molecule has 0 spiro atoms. The summed E-state index contributed by atoms with van der Waals surface area (Å²) in [7, 11) is -2.30. The van der Waals surface area contributed by atoms with E-state index in [0.717, 1.165) is 22.3 Å². The molecule has 0 aliphatic carbocycles. The molecule has 2 aliphatic heterocycles. The second kappa shape index (κ2) is 8.09. The Labute approximate surface area is 197 Å². The largest absolute Gasteiger partial charge is 0.508 e. The molecule has 3 aromatic rings. The van der Waals surface area contributed by atoms with Crippen molar-refractivity contribution in [1.29, 1.82) is 0 Å². The summed E-state index contributed by atoms with van der Waals surface area (Å²) >= 11 is 6.28. The minimum Gasteiger partial charge on any atom is -0.508 e. The lowest BCUT2D eigenvalue weighted by Crippen LogP contribution is -2.42. The van der Waals surface area contributed by atoms with E-state index in [0.29, 0.717) is 17.1 Å². The van der Waals surface area contributed by atoms with Crippen LogP contribution in [0.1, 0.15) is 17.5 Å². The summed E-state index contributed by atoms with van der Waals surface area (Å²) in [6.07, 6.45) is -0.791. The Morgan fingerprint density at radius 1 is 0.879 bits per heavy atom. The van der Waals surface area contributed by atoms with Crippen molar-refractivity contribution in [3.8, 4) is 11.5 Å². The van der Waals surface area contributed by atoms with Crippen LogP contribution in [-0.4, -0.2) is 43.1 Å². The molecule has 2 heterocycles. The molecule has 2 bridgehead atoms. The number of hydrogen-bond acceptors (Lipinski definition) is 5. The first-order chi connectivity index (χ1) is 15.8. The highest BCUT2D eigenvalue weighted by molar-refractivity contribution is 7.93. The van der Waals surface area contributed by atoms with Gasteiger partial charge in [0.1, 0.15) is 22.9 Å². The molecule has 0 unspecified atom stereocenters. The number of anilines is 1. The number of hydrogen-bond donors (Lipinski definition) is 2. The summed E-state index contributed by atoms with van der Waals surface area (Å²) in [6, 6.07) is 20.3. The summed E-state index contributed by atoms with van der Waals surface area (Å²) in [5.74, 6) is 0.272. The van der Waals surface area contributed by atoms with Gasteiger partial charge in [-0.25, -0.2) is 8.42 Å². The minimum atomic E-state index is -3.81. The molecule has 3 atom stereocenters. The maximum Gasteiger partial charge on any atom is 0.240 e. The zero-order valence-corrected chi connectivity index (χ0v) is 19.3. The van der Waals surface area contributed by atoms with Crippen molar-refractivity contribution < 1.29 is 23.4 Å². The minimum absolute atomic E-state index is 0.122. The van der Waals surface area contributed by atoms with Crippen LogP contribution in [0.25, 0.3) is 11.1 Å². The summed E-state index contributed by atoms with van der Waals surface area (Å²) in [5.41, 5.74) is 3.73. The van der Waals surface area contributed by atoms with Gasteiger partial charge in [0.25, 0.3) is 0 Å². The van der Waals surface area contributed by atoms with Crippen molar-refractivity contribution in [2.75, 3.05) is 11.4 Å². The summed E-state index contributed by atoms with van der Waals surface area (Å²) in [5, 5.41) is 19.0. The van der Waals surface area contributed by atoms with E-state index in [4.69, 9.17) is 16.3 Å². The number of ether oxygens (including phenoxy) is 1. The highest BCUT2D eigenvalue weighted by Crippen LogP contribution is 2.51. The van der Waals surface area contributed by atoms with Crippen molar-refractivity contribution in [2.45, 2.75) is 23.9 Å². The first-order valence-electron chi connectivity index (χ1n) is 10.5. The van der Waals surface area contributed by atoms with Crippen molar-refractivity contribution >= 4 is 38.5 Å². The summed E-state index contributed by atoms with van der Waals surface area (Å²) < 4.78 is 34.9. The topological polar surface area (TPSA) is 87.1 Å². The van der Waals surface area contributed by atoms with Crippen LogP contribution in [0, 0.1) is 0 Å². The lowest BCUT2D eigenvalue weighted by atomic mass is 9.83. The number of rotatable bonds is 5. The summed E-state index contributed by atoms with van der Waals surface area (Å²) in [6.45, 7) is 0. The van der Waals surface area contributed by atoms with Crippen LogP contribution >= 0.6 is 11.6 Å². The second-order valence-corrected chi connectivity index (χ2v) is 10.8. The van der Waals surface area contributed by atoms with E-state index in [2.05, 4.69) is 0 Å². The van der Waals surface area contributed by atoms with Crippen molar-refractivity contribution in [2.24, 2.45) is 0 Å². The van der Waals surface area contributed by atoms with E-state index in [1.807, 2.05) is 0 Å². The van der Waals surface area contributed by atoms with E-state index in [1.165, 1.54) is 11.4 Å². The van der Waals surface area contributed by atoms with E-state index in [-0.39, 0.29) is 11.5 Å². The zero-order chi connectivity index (χ0) is 23.3. The van der Waals surface area contributed by atoms with E-state index in [1.54, 1.807) is 72.8 Å². The van der Waals surface area contributed by atoms with Gasteiger partial charge in [-0.1, -0.05) is 48.0 Å². The maximum atomic E-state index is 13.7. The smallest absolute Gasteiger partial charge is 0.240 e. The predicted octanol–water partition coefficient (Wildman–Crippen LogP) is 4.67. The molecular formula is C25H22ClNO5S. The number of aromatic hydroxyl groups is 2. The SMILES string of the molecule is CN(c1ccccc1Cl)S(=O)(=O)[C@@H]1C[C@@H]2O[C@H]1C(c1ccc(O)cc1)=C2c1ccc(O)cc1. The molecule has 33 heavy (non-hydrogen) atoms. The molecule has 8 heteroatoms. The average molecular weight is 484 g/mol. The van der Waals surface area contributed by atoms with Gasteiger partial charge in [0.05, 0.1) is 16.8 Å². The molecule has 3 aromatic carbocycles. The first-order valence-corrected chi connectivity index (χ1v) is 12.4. The highest BCUT2D eigenvalue weighted by Gasteiger charge is 2.53. The van der Waals surface area contributed by atoms with Gasteiger partial charge in [-0.2, -0.15) is 0 Å². The lowest BCUT2D eigenvalue weighted by molar-refractivity contribution is 0.128. The van der Waals surface area contributed by atoms with Gasteiger partial charge >= 0.3 is 0 Å². The maximum absolute atomic E-state index is 13.7. The van der Waals surface area contributed by atoms with Crippen LogP contribution in [0.3, 0.4) is 0 Å². The van der Waals surface area contributed by atoms with Gasteiger partial charge in [-0.05, 0) is 65.1 Å². The number of phenols is 2. The van der Waals surface area contributed by atoms with E-state index in [9.17, 15) is 18.6 Å². The molecule has 0 saturated carbocycles. The van der Waals surface area contributed by atoms with Crippen LogP contribution in [0.5, 0.6) is 11.5 Å². The predicted molar refractivity (Wildman–Crippen MR) is 129 cm³/mol. The average Bonchev–Trinajstić information content (AvgIpc) is 3.40. The molecule has 6 nitrogen and oxygen atoms in total. The second-order valence-electron chi connectivity index (χ2n) is 8.20. The molecule has 1 fully saturated rings. The monoisotopic (exact) mass is 483 g/mol. The third kappa shape index (κ3) is 3.66. The molecule has 0 amide bonds. The molecule has 0 aromatic heterocycles. The fourth-order valence-corrected chi connectivity index (χ4v) is 6.77. The van der Waals surface area contributed by atoms with Gasteiger partial charge in [0, 0.05) is 7.05 Å². The molecule has 170 valence electrons. The van der Waals surface area contributed by atoms with Crippen molar-refractivity contribution in [3.05, 3.63) is 88.9 Å². The molecule has 2 N–H and O–H groups in total. The van der Waals surface area contributed by atoms with Crippen molar-refractivity contribution in [3.63, 3.8) is 0 Å². The lowest BCUT2D eigenvalue weighted by Gasteiger charge is -2.30. The van der Waals surface area contributed by atoms with E-state index >= 15 is 0 Å². The summed E-state index contributed by atoms with van der Waals surface area (Å²) in [4.78, 5) is 0. The number of nitrogens with zero attached hydrogens (tertiary/aromatic N) is 1. The number of fused-ring (bicyclic) bond motifs is 2. The Morgan fingerprint density at radius 2 is 1.42 bits per heavy atom. The van der Waals surface area contributed by atoms with E-state index < -0.39 is 27.5 Å². The Kier molecular flexibility index (Phi) is 5.35. The van der Waals surface area contributed by atoms with Crippen LogP contribution in [0.2, 0.25) is 5.02 Å². The fourth-order valence-electron chi connectivity index (χ4n) is 4.69. The van der Waals surface area contributed by atoms with Gasteiger partial charge in [-0.15, -0.1) is 0 Å². The van der Waals surface area contributed by atoms with Gasteiger partial charge < -0.3 is 14.9 Å². The number of sulfonamides is 1. The Morgan fingerprint density at radius 3 is 2.00 bits per heavy atom. The number of phenolic OH excluding ortho intramolecular Hbond substituents is 2. The number of halogens is 1. The quantitative estimate of drug-likeness (QED) is 0.550. The van der Waals surface area contributed by atoms with Crippen LogP contribution < -0.4 is 4.31 Å². The Hall–Kier alpha value is -3.00. The third-order valence-corrected chi connectivity index (χ3v) is 8.79. The third-order valence-electron chi connectivity index (χ3n) is 6.30. The van der Waals surface area contributed by atoms with Crippen molar-refractivity contribution in [1.82, 2.24) is 0 Å². The normalized spacial score (nSPS) is 22.1.